The summed E-state index contributed by atoms with van der Waals surface area (Å²) < 4.78 is 4.85. The van der Waals surface area contributed by atoms with E-state index in [9.17, 15) is 9.59 Å². The molecule has 5 heteroatoms. The van der Waals surface area contributed by atoms with Crippen LogP contribution < -0.4 is 10.6 Å². The van der Waals surface area contributed by atoms with Gasteiger partial charge in [0.25, 0.3) is 0 Å². The third-order valence-electron chi connectivity index (χ3n) is 2.93. The third-order valence-corrected chi connectivity index (χ3v) is 2.93. The molecule has 1 aromatic carbocycles. The summed E-state index contributed by atoms with van der Waals surface area (Å²) in [4.78, 5) is 22.7. The quantitative estimate of drug-likeness (QED) is 0.542. The maximum atomic E-state index is 11.6. The summed E-state index contributed by atoms with van der Waals surface area (Å²) >= 11 is 0. The topological polar surface area (TPSA) is 67.4 Å². The molecule has 0 saturated heterocycles. The largest absolute Gasteiger partial charge is 0.466 e. The highest BCUT2D eigenvalue weighted by molar-refractivity contribution is 5.89. The number of para-hydroxylation sites is 1. The maximum absolute atomic E-state index is 11.6. The lowest BCUT2D eigenvalue weighted by Gasteiger charge is -2.07. The second-order valence-corrected chi connectivity index (χ2v) is 4.72. The van der Waals surface area contributed by atoms with Crippen LogP contribution in [0.5, 0.6) is 0 Å². The average Bonchev–Trinajstić information content (AvgIpc) is 2.47. The van der Waals surface area contributed by atoms with Crippen molar-refractivity contribution < 1.29 is 14.3 Å². The molecule has 0 atom stereocenters. The van der Waals surface area contributed by atoms with Crippen LogP contribution in [0.1, 0.15) is 39.0 Å². The van der Waals surface area contributed by atoms with Gasteiger partial charge >= 0.3 is 12.0 Å². The number of ether oxygens (including phenoxy) is 1. The molecule has 21 heavy (non-hydrogen) atoms. The van der Waals surface area contributed by atoms with E-state index in [4.69, 9.17) is 4.74 Å². The smallest absolute Gasteiger partial charge is 0.319 e. The molecule has 0 radical (unpaired) electrons. The lowest BCUT2D eigenvalue weighted by molar-refractivity contribution is -0.143. The maximum Gasteiger partial charge on any atom is 0.319 e. The highest BCUT2D eigenvalue weighted by Crippen LogP contribution is 2.05. The van der Waals surface area contributed by atoms with Crippen molar-refractivity contribution in [1.29, 1.82) is 0 Å². The minimum Gasteiger partial charge on any atom is -0.466 e. The van der Waals surface area contributed by atoms with E-state index in [0.29, 0.717) is 19.6 Å². The van der Waals surface area contributed by atoms with E-state index in [2.05, 4.69) is 10.6 Å². The molecule has 0 heterocycles. The van der Waals surface area contributed by atoms with Gasteiger partial charge in [-0.2, -0.15) is 0 Å². The summed E-state index contributed by atoms with van der Waals surface area (Å²) in [5, 5.41) is 5.57. The van der Waals surface area contributed by atoms with Crippen molar-refractivity contribution in [2.24, 2.45) is 0 Å². The minimum atomic E-state index is -0.187. The fourth-order valence-corrected chi connectivity index (χ4v) is 1.88. The first-order chi connectivity index (χ1) is 10.2. The highest BCUT2D eigenvalue weighted by Gasteiger charge is 2.02. The van der Waals surface area contributed by atoms with Crippen molar-refractivity contribution in [2.75, 3.05) is 18.5 Å². The van der Waals surface area contributed by atoms with Crippen LogP contribution in [0.4, 0.5) is 10.5 Å². The van der Waals surface area contributed by atoms with Crippen molar-refractivity contribution in [2.45, 2.75) is 39.0 Å². The Bertz CT molecular complexity index is 421. The average molecular weight is 292 g/mol. The second-order valence-electron chi connectivity index (χ2n) is 4.72. The molecule has 0 fully saturated rings. The number of rotatable bonds is 9. The van der Waals surface area contributed by atoms with Crippen LogP contribution >= 0.6 is 0 Å². The molecule has 0 unspecified atom stereocenters. The molecule has 0 aliphatic heterocycles. The number of nitrogens with one attached hydrogen (secondary N) is 2. The molecule has 0 spiro atoms. The summed E-state index contributed by atoms with van der Waals surface area (Å²) in [6.07, 6.45) is 4.20. The van der Waals surface area contributed by atoms with Crippen LogP contribution in [-0.4, -0.2) is 25.2 Å². The van der Waals surface area contributed by atoms with Crippen LogP contribution in [0.2, 0.25) is 0 Å². The van der Waals surface area contributed by atoms with Gasteiger partial charge in [-0.25, -0.2) is 4.79 Å². The molecule has 0 aliphatic carbocycles. The van der Waals surface area contributed by atoms with Gasteiger partial charge in [0.15, 0.2) is 0 Å². The van der Waals surface area contributed by atoms with E-state index in [0.717, 1.165) is 31.4 Å². The Kier molecular flexibility index (Phi) is 8.68. The second kappa shape index (κ2) is 10.7. The Labute approximate surface area is 126 Å². The Hall–Kier alpha value is -2.04. The molecule has 116 valence electrons. The third kappa shape index (κ3) is 8.68. The molecular weight excluding hydrogens is 268 g/mol. The summed E-state index contributed by atoms with van der Waals surface area (Å²) in [7, 11) is 0. The number of benzene rings is 1. The summed E-state index contributed by atoms with van der Waals surface area (Å²) in [6.45, 7) is 2.89. The van der Waals surface area contributed by atoms with Crippen LogP contribution in [0.3, 0.4) is 0 Å². The molecule has 2 N–H and O–H groups in total. The van der Waals surface area contributed by atoms with Crippen molar-refractivity contribution in [3.8, 4) is 0 Å². The van der Waals surface area contributed by atoms with Crippen LogP contribution in [0.15, 0.2) is 30.3 Å². The molecule has 5 nitrogen and oxygen atoms in total. The van der Waals surface area contributed by atoms with Gasteiger partial charge in [-0.3, -0.25) is 4.79 Å². The number of anilines is 1. The first-order valence-electron chi connectivity index (χ1n) is 7.48. The van der Waals surface area contributed by atoms with Crippen molar-refractivity contribution in [1.82, 2.24) is 5.32 Å². The van der Waals surface area contributed by atoms with Gasteiger partial charge < -0.3 is 15.4 Å². The summed E-state index contributed by atoms with van der Waals surface area (Å²) in [5.41, 5.74) is 0.782. The number of esters is 1. The zero-order valence-electron chi connectivity index (χ0n) is 12.6. The number of hydrogen-bond donors (Lipinski definition) is 2. The molecule has 1 aromatic rings. The van der Waals surface area contributed by atoms with Gasteiger partial charge in [0, 0.05) is 18.7 Å². The highest BCUT2D eigenvalue weighted by atomic mass is 16.5. The molecular formula is C16H24N2O3. The van der Waals surface area contributed by atoms with E-state index in [-0.39, 0.29) is 12.0 Å². The fourth-order valence-electron chi connectivity index (χ4n) is 1.88. The number of carbonyl (C=O) groups excluding carboxylic acids is 2. The SMILES string of the molecule is CCOC(=O)CCCCCCNC(=O)Nc1ccccc1. The van der Waals surface area contributed by atoms with Gasteiger partial charge in [-0.1, -0.05) is 31.0 Å². The van der Waals surface area contributed by atoms with E-state index >= 15 is 0 Å². The van der Waals surface area contributed by atoms with Crippen molar-refractivity contribution >= 4 is 17.7 Å². The number of unbranched alkanes of at least 4 members (excludes halogenated alkanes) is 3. The molecule has 0 saturated carbocycles. The zero-order chi connectivity index (χ0) is 15.3. The van der Waals surface area contributed by atoms with Crippen LogP contribution in [0, 0.1) is 0 Å². The molecule has 1 rings (SSSR count). The molecule has 0 aliphatic rings. The number of hydrogen-bond acceptors (Lipinski definition) is 3. The Morgan fingerprint density at radius 3 is 2.48 bits per heavy atom. The number of carbonyl (C=O) groups is 2. The monoisotopic (exact) mass is 292 g/mol. The van der Waals surface area contributed by atoms with E-state index in [1.54, 1.807) is 0 Å². The number of amides is 2. The molecule has 0 bridgehead atoms. The van der Waals surface area contributed by atoms with Crippen molar-refractivity contribution in [3.05, 3.63) is 30.3 Å². The predicted molar refractivity (Wildman–Crippen MR) is 83.2 cm³/mol. The van der Waals surface area contributed by atoms with E-state index in [1.807, 2.05) is 37.3 Å². The fraction of sp³-hybridized carbons (Fsp3) is 0.500. The standard InChI is InChI=1S/C16H24N2O3/c1-2-21-15(19)12-8-3-4-9-13-17-16(20)18-14-10-6-5-7-11-14/h5-7,10-11H,2-4,8-9,12-13H2,1H3,(H2,17,18,20). The molecule has 2 amide bonds. The lowest BCUT2D eigenvalue weighted by atomic mass is 10.1. The Balaban J connectivity index is 1.97. The lowest BCUT2D eigenvalue weighted by Crippen LogP contribution is -2.29. The predicted octanol–water partition coefficient (Wildman–Crippen LogP) is 3.32. The van der Waals surface area contributed by atoms with E-state index in [1.165, 1.54) is 0 Å². The first-order valence-corrected chi connectivity index (χ1v) is 7.48. The normalized spacial score (nSPS) is 9.95. The zero-order valence-corrected chi connectivity index (χ0v) is 12.6. The van der Waals surface area contributed by atoms with Gasteiger partial charge in [-0.15, -0.1) is 0 Å². The van der Waals surface area contributed by atoms with Gasteiger partial charge in [-0.05, 0) is 31.9 Å². The van der Waals surface area contributed by atoms with Crippen molar-refractivity contribution in [3.63, 3.8) is 0 Å². The number of urea groups is 1. The van der Waals surface area contributed by atoms with Gasteiger partial charge in [0.05, 0.1) is 6.61 Å². The van der Waals surface area contributed by atoms with Gasteiger partial charge in [0.2, 0.25) is 0 Å². The minimum absolute atomic E-state index is 0.127. The summed E-state index contributed by atoms with van der Waals surface area (Å²) in [5.74, 6) is -0.127. The Morgan fingerprint density at radius 2 is 1.76 bits per heavy atom. The molecule has 0 aromatic heterocycles. The van der Waals surface area contributed by atoms with Crippen LogP contribution in [-0.2, 0) is 9.53 Å². The van der Waals surface area contributed by atoms with E-state index < -0.39 is 0 Å². The summed E-state index contributed by atoms with van der Waals surface area (Å²) in [6, 6.07) is 9.15. The van der Waals surface area contributed by atoms with Crippen LogP contribution in [0.25, 0.3) is 0 Å². The Morgan fingerprint density at radius 1 is 1.05 bits per heavy atom. The first kappa shape index (κ1) is 17.0. The van der Waals surface area contributed by atoms with Gasteiger partial charge in [0.1, 0.15) is 0 Å².